The molecule has 6 bridgehead atoms. The molecule has 0 aromatic heterocycles. The van der Waals surface area contributed by atoms with Crippen LogP contribution in [0.1, 0.15) is 123 Å². The highest BCUT2D eigenvalue weighted by atomic mass is 16.6. The van der Waals surface area contributed by atoms with Crippen molar-refractivity contribution in [3.8, 4) is 11.5 Å². The molecule has 59 heavy (non-hydrogen) atoms. The van der Waals surface area contributed by atoms with E-state index in [1.165, 1.54) is 18.2 Å². The van der Waals surface area contributed by atoms with Crippen LogP contribution in [0.3, 0.4) is 0 Å². The van der Waals surface area contributed by atoms with Gasteiger partial charge in [-0.25, -0.2) is 0 Å². The van der Waals surface area contributed by atoms with Crippen molar-refractivity contribution in [2.75, 3.05) is 19.7 Å². The number of ether oxygens (including phenoxy) is 1. The molecule has 11 heteroatoms. The van der Waals surface area contributed by atoms with Crippen molar-refractivity contribution < 1.29 is 50.4 Å². The van der Waals surface area contributed by atoms with Crippen molar-refractivity contribution in [2.24, 2.45) is 50.7 Å². The summed E-state index contributed by atoms with van der Waals surface area (Å²) < 4.78 is 7.47. The minimum Gasteiger partial charge on any atom is -0.508 e. The molecule has 324 valence electrons. The summed E-state index contributed by atoms with van der Waals surface area (Å²) in [5, 5.41) is 102. The molecular weight excluding hydrogens is 751 g/mol. The average Bonchev–Trinajstić information content (AvgIpc) is 3.74. The molecule has 1 aliphatic heterocycles. The zero-order chi connectivity index (χ0) is 42.1. The number of aliphatic hydroxyl groups is 6. The van der Waals surface area contributed by atoms with Crippen LogP contribution < -0.4 is 5.32 Å². The second-order valence-corrected chi connectivity index (χ2v) is 22.0. The number of benzene rings is 1. The number of likely N-dealkylation sites (N-methyl/N-ethyl adjacent to an activating group) is 1. The Morgan fingerprint density at radius 3 is 2.25 bits per heavy atom. The van der Waals surface area contributed by atoms with Gasteiger partial charge in [-0.3, -0.25) is 4.79 Å². The van der Waals surface area contributed by atoms with Crippen molar-refractivity contribution in [1.82, 2.24) is 5.32 Å². The number of phenolic OH excluding ortho intramolecular Hbond substituents is 2. The minimum atomic E-state index is -1.75. The molecule has 11 aliphatic rings. The maximum Gasteiger partial charge on any atom is 0.160 e. The predicted octanol–water partition coefficient (Wildman–Crippen LogP) is 4.52. The normalized spacial score (nSPS) is 52.6. The number of aromatic hydroxyl groups is 2. The molecule has 10 aliphatic carbocycles. The molecule has 0 unspecified atom stereocenters. The Labute approximate surface area is 348 Å². The third kappa shape index (κ3) is 4.45. The lowest BCUT2D eigenvalue weighted by molar-refractivity contribution is -0.261. The fourth-order valence-corrected chi connectivity index (χ4v) is 17.9. The first-order valence-electron chi connectivity index (χ1n) is 22.8. The fraction of sp³-hybridized carbons (Fsp3) is 0.771. The third-order valence-corrected chi connectivity index (χ3v) is 20.1. The van der Waals surface area contributed by atoms with Crippen molar-refractivity contribution >= 4 is 5.78 Å². The Bertz CT molecular complexity index is 2010. The fourth-order valence-electron chi connectivity index (χ4n) is 17.9. The van der Waals surface area contributed by atoms with Crippen LogP contribution in [0.4, 0.5) is 0 Å². The van der Waals surface area contributed by atoms with Gasteiger partial charge in [-0.2, -0.15) is 0 Å². The van der Waals surface area contributed by atoms with E-state index in [1.54, 1.807) is 6.08 Å². The molecule has 1 heterocycles. The summed E-state index contributed by atoms with van der Waals surface area (Å²) in [6, 6.07) is 4.18. The number of aliphatic hydroxyl groups excluding tert-OH is 3. The zero-order valence-corrected chi connectivity index (χ0v) is 35.5. The number of ketones is 1. The molecule has 11 nitrogen and oxygen atoms in total. The smallest absolute Gasteiger partial charge is 0.160 e. The van der Waals surface area contributed by atoms with Gasteiger partial charge in [-0.05, 0) is 109 Å². The number of nitrogens with one attached hydrogen (secondary N) is 1. The van der Waals surface area contributed by atoms with E-state index in [2.05, 4.69) is 46.0 Å². The molecule has 1 aromatic rings. The summed E-state index contributed by atoms with van der Waals surface area (Å²) in [6.45, 7) is 11.5. The number of rotatable bonds is 6. The summed E-state index contributed by atoms with van der Waals surface area (Å²) >= 11 is 0. The molecule has 0 radical (unpaired) electrons. The first-order chi connectivity index (χ1) is 27.7. The lowest BCUT2D eigenvalue weighted by Crippen LogP contribution is -2.74. The first-order valence-corrected chi connectivity index (χ1v) is 22.8. The number of hydrogen-bond donors (Lipinski definition) is 9. The number of carbonyl (C=O) groups excluding carboxylic acids is 1. The third-order valence-electron chi connectivity index (χ3n) is 20.1. The SMILES string of the molecule is CCNCC1=C[C@]2(C)CC[C@@H]1[C@]1(O[C@H]3C[C@]4(O)C5=CC(=O)[C@H]6[C@@H](c7cc(O)cc(O)c7)[C@]7(O)CC[C@@]5(C5(CCCC5)C[C@]4(C)[C@@H]3[C@]1(O)CCO)[C@@]6(C)C[C@@H]7O)[C@@H](O)[C@H]2C. The van der Waals surface area contributed by atoms with Gasteiger partial charge in [-0.1, -0.05) is 59.1 Å². The van der Waals surface area contributed by atoms with E-state index >= 15 is 4.79 Å². The van der Waals surface area contributed by atoms with Crippen LogP contribution in [0.5, 0.6) is 11.5 Å². The van der Waals surface area contributed by atoms with Crippen LogP contribution in [0.15, 0.2) is 41.5 Å². The number of carbonyl (C=O) groups is 1. The summed E-state index contributed by atoms with van der Waals surface area (Å²) in [4.78, 5) is 15.3. The van der Waals surface area contributed by atoms with Gasteiger partial charge in [0.25, 0.3) is 0 Å². The molecular formula is C48H67NO10. The van der Waals surface area contributed by atoms with E-state index in [1.807, 2.05) is 0 Å². The minimum absolute atomic E-state index is 0.0428. The maximum atomic E-state index is 15.3. The van der Waals surface area contributed by atoms with Crippen LogP contribution in [-0.2, 0) is 9.53 Å². The summed E-state index contributed by atoms with van der Waals surface area (Å²) in [7, 11) is 0. The van der Waals surface area contributed by atoms with Gasteiger partial charge in [0.15, 0.2) is 5.78 Å². The molecule has 9 N–H and O–H groups in total. The van der Waals surface area contributed by atoms with Gasteiger partial charge in [0, 0.05) is 66.6 Å². The highest BCUT2D eigenvalue weighted by Gasteiger charge is 2.87. The number of fused-ring (bicyclic) bond motifs is 8. The average molecular weight is 818 g/mol. The molecule has 3 spiro atoms. The van der Waals surface area contributed by atoms with E-state index in [4.69, 9.17) is 4.74 Å². The van der Waals surface area contributed by atoms with Crippen molar-refractivity contribution in [3.05, 3.63) is 47.1 Å². The van der Waals surface area contributed by atoms with Crippen LogP contribution in [0.25, 0.3) is 0 Å². The molecule has 7 saturated carbocycles. The Morgan fingerprint density at radius 1 is 0.898 bits per heavy atom. The van der Waals surface area contributed by atoms with Gasteiger partial charge >= 0.3 is 0 Å². The molecule has 12 rings (SSSR count). The zero-order valence-electron chi connectivity index (χ0n) is 35.5. The molecule has 8 fully saturated rings. The van der Waals surface area contributed by atoms with Crippen LogP contribution in [0, 0.1) is 50.7 Å². The van der Waals surface area contributed by atoms with E-state index in [0.717, 1.165) is 44.2 Å². The van der Waals surface area contributed by atoms with Crippen molar-refractivity contribution in [3.63, 3.8) is 0 Å². The Hall–Kier alpha value is -2.35. The van der Waals surface area contributed by atoms with E-state index in [9.17, 15) is 40.9 Å². The van der Waals surface area contributed by atoms with Crippen molar-refractivity contribution in [2.45, 2.75) is 158 Å². The number of phenols is 2. The maximum absolute atomic E-state index is 15.3. The van der Waals surface area contributed by atoms with E-state index in [0.29, 0.717) is 36.9 Å². The monoisotopic (exact) mass is 817 g/mol. The second kappa shape index (κ2) is 12.4. The summed E-state index contributed by atoms with van der Waals surface area (Å²) in [5.74, 6) is -3.70. The topological polar surface area (TPSA) is 200 Å². The lowest BCUT2D eigenvalue weighted by Gasteiger charge is -2.73. The van der Waals surface area contributed by atoms with Gasteiger partial charge in [0.2, 0.25) is 0 Å². The largest absolute Gasteiger partial charge is 0.508 e. The van der Waals surface area contributed by atoms with Crippen LogP contribution in [0.2, 0.25) is 0 Å². The highest BCUT2D eigenvalue weighted by molar-refractivity contribution is 5.96. The number of allylic oxidation sites excluding steroid dienone is 2. The Kier molecular flexibility index (Phi) is 8.57. The van der Waals surface area contributed by atoms with Crippen LogP contribution >= 0.6 is 0 Å². The Balaban J connectivity index is 1.18. The molecule has 1 saturated heterocycles. The van der Waals surface area contributed by atoms with Gasteiger partial charge in [0.05, 0.1) is 29.5 Å². The predicted molar refractivity (Wildman–Crippen MR) is 218 cm³/mol. The second-order valence-electron chi connectivity index (χ2n) is 22.0. The van der Waals surface area contributed by atoms with Gasteiger partial charge in [-0.15, -0.1) is 0 Å². The summed E-state index contributed by atoms with van der Waals surface area (Å²) in [6.07, 6.45) is 7.25. The first kappa shape index (κ1) is 40.7. The van der Waals surface area contributed by atoms with Gasteiger partial charge in [0.1, 0.15) is 22.7 Å². The standard InChI is InChI=1S/C48H67NO10/c1-6-49-24-28-21-40(3)12-9-31(28)48(39(55)26(40)2)46(57,15-16-50)38-33(59-48)22-47(58)34-20-32(53)37-36(27-17-29(51)19-30(52)18-27)44(56)13-14-45(34,41(37,4)23-35(44)54)43(10-7-8-11-43)25-42(38,47)5/h17-21,26,31,33,35-39,49-52,54-58H,6-16,22-25H2,1-5H3/t26-,31+,33+,35+,36-,37+,38-,39+,40+,41+,42-,44+,45+,46-,47+,48+/m1/s1. The number of hydrogen-bond acceptors (Lipinski definition) is 11. The lowest BCUT2D eigenvalue weighted by atomic mass is 9.31. The Morgan fingerprint density at radius 2 is 1.59 bits per heavy atom. The van der Waals surface area contributed by atoms with E-state index in [-0.39, 0.29) is 66.8 Å². The quantitative estimate of drug-likeness (QED) is 0.183. The van der Waals surface area contributed by atoms with Gasteiger partial charge < -0.3 is 50.9 Å². The molecule has 16 atom stereocenters. The van der Waals surface area contributed by atoms with Crippen LogP contribution in [-0.4, -0.2) is 107 Å². The van der Waals surface area contributed by atoms with E-state index < -0.39 is 80.1 Å². The molecule has 1 aromatic carbocycles. The summed E-state index contributed by atoms with van der Waals surface area (Å²) in [5.41, 5.74) is -8.14. The highest BCUT2D eigenvalue weighted by Crippen LogP contribution is 2.85. The van der Waals surface area contributed by atoms with Crippen molar-refractivity contribution in [1.29, 1.82) is 0 Å². The molecule has 0 amide bonds.